The van der Waals surface area contributed by atoms with Gasteiger partial charge in [0.2, 0.25) is 0 Å². The molecule has 0 saturated carbocycles. The van der Waals surface area contributed by atoms with Gasteiger partial charge in [-0.1, -0.05) is 57.2 Å². The molecule has 2 nitrogen and oxygen atoms in total. The van der Waals surface area contributed by atoms with Crippen LogP contribution in [0.3, 0.4) is 0 Å². The summed E-state index contributed by atoms with van der Waals surface area (Å²) in [5.41, 5.74) is 8.13. The second-order valence-electron chi connectivity index (χ2n) is 5.32. The van der Waals surface area contributed by atoms with Gasteiger partial charge in [-0.05, 0) is 44.0 Å². The summed E-state index contributed by atoms with van der Waals surface area (Å²) in [5.74, 6) is 0. The third kappa shape index (κ3) is 7.89. The Morgan fingerprint density at radius 3 is 2.37 bits per heavy atom. The molecule has 3 N–H and O–H groups in total. The minimum absolute atomic E-state index is 0.929. The summed E-state index contributed by atoms with van der Waals surface area (Å²) in [4.78, 5) is 0. The van der Waals surface area contributed by atoms with Crippen molar-refractivity contribution in [3.05, 3.63) is 29.8 Å². The zero-order chi connectivity index (χ0) is 13.8. The van der Waals surface area contributed by atoms with Gasteiger partial charge in [0.25, 0.3) is 0 Å². The van der Waals surface area contributed by atoms with Crippen LogP contribution < -0.4 is 11.1 Å². The number of hydrogen-bond donors (Lipinski definition) is 2. The fourth-order valence-electron chi connectivity index (χ4n) is 2.32. The van der Waals surface area contributed by atoms with Crippen LogP contribution in [0.1, 0.15) is 57.4 Å². The molecule has 0 aliphatic rings. The number of nitrogens with one attached hydrogen (secondary N) is 1. The predicted molar refractivity (Wildman–Crippen MR) is 85.4 cm³/mol. The highest BCUT2D eigenvalue weighted by Gasteiger charge is 1.97. The molecule has 1 aromatic rings. The van der Waals surface area contributed by atoms with Crippen LogP contribution in [0.25, 0.3) is 0 Å². The number of benzene rings is 1. The second-order valence-corrected chi connectivity index (χ2v) is 5.32. The lowest BCUT2D eigenvalue weighted by Gasteiger charge is -2.06. The minimum Gasteiger partial charge on any atom is -0.399 e. The van der Waals surface area contributed by atoms with E-state index in [1.165, 1.54) is 50.5 Å². The first-order valence-corrected chi connectivity index (χ1v) is 7.88. The maximum Gasteiger partial charge on any atom is 0.0346 e. The summed E-state index contributed by atoms with van der Waals surface area (Å²) in [5, 5.41) is 3.53. The molecule has 19 heavy (non-hydrogen) atoms. The van der Waals surface area contributed by atoms with Crippen molar-refractivity contribution in [2.45, 2.75) is 58.3 Å². The second kappa shape index (κ2) is 10.9. The molecule has 0 fully saturated rings. The Kier molecular flexibility index (Phi) is 9.17. The Morgan fingerprint density at radius 1 is 0.895 bits per heavy atom. The van der Waals surface area contributed by atoms with Gasteiger partial charge in [-0.2, -0.15) is 0 Å². The zero-order valence-corrected chi connectivity index (χ0v) is 12.5. The van der Waals surface area contributed by atoms with E-state index >= 15 is 0 Å². The van der Waals surface area contributed by atoms with Crippen molar-refractivity contribution in [2.24, 2.45) is 0 Å². The summed E-state index contributed by atoms with van der Waals surface area (Å²) in [6.45, 7) is 4.53. The molecule has 0 heterocycles. The number of aryl methyl sites for hydroxylation is 1. The zero-order valence-electron chi connectivity index (χ0n) is 12.5. The molecule has 108 valence electrons. The van der Waals surface area contributed by atoms with Crippen LogP contribution in [0.15, 0.2) is 24.3 Å². The van der Waals surface area contributed by atoms with Crippen LogP contribution in [0.4, 0.5) is 5.69 Å². The van der Waals surface area contributed by atoms with E-state index in [1.807, 2.05) is 12.1 Å². The van der Waals surface area contributed by atoms with Gasteiger partial charge in [-0.3, -0.25) is 0 Å². The van der Waals surface area contributed by atoms with Crippen LogP contribution in [-0.4, -0.2) is 13.1 Å². The van der Waals surface area contributed by atoms with Gasteiger partial charge in [-0.15, -0.1) is 0 Å². The Bertz CT molecular complexity index is 323. The maximum atomic E-state index is 5.92. The quantitative estimate of drug-likeness (QED) is 0.464. The van der Waals surface area contributed by atoms with E-state index in [4.69, 9.17) is 5.73 Å². The molecule has 0 spiro atoms. The summed E-state index contributed by atoms with van der Waals surface area (Å²) in [6.07, 6.45) is 10.5. The topological polar surface area (TPSA) is 38.0 Å². The fourth-order valence-corrected chi connectivity index (χ4v) is 2.32. The summed E-state index contributed by atoms with van der Waals surface area (Å²) in [6, 6.07) is 8.17. The van der Waals surface area contributed by atoms with Gasteiger partial charge in [0.05, 0.1) is 0 Å². The number of para-hydroxylation sites is 1. The maximum absolute atomic E-state index is 5.92. The van der Waals surface area contributed by atoms with E-state index in [0.717, 1.165) is 25.2 Å². The van der Waals surface area contributed by atoms with E-state index in [1.54, 1.807) is 0 Å². The molecule has 0 aromatic heterocycles. The summed E-state index contributed by atoms with van der Waals surface area (Å²) in [7, 11) is 0. The number of unbranched alkanes of at least 4 members (excludes halogenated alkanes) is 5. The normalized spacial score (nSPS) is 10.8. The third-order valence-corrected chi connectivity index (χ3v) is 3.56. The van der Waals surface area contributed by atoms with Crippen LogP contribution in [0, 0.1) is 0 Å². The van der Waals surface area contributed by atoms with Crippen molar-refractivity contribution in [3.8, 4) is 0 Å². The van der Waals surface area contributed by atoms with Crippen molar-refractivity contribution in [1.82, 2.24) is 5.32 Å². The first-order chi connectivity index (χ1) is 9.34. The lowest BCUT2D eigenvalue weighted by Crippen LogP contribution is -2.17. The molecule has 0 radical (unpaired) electrons. The molecular formula is C17H30N2. The van der Waals surface area contributed by atoms with E-state index < -0.39 is 0 Å². The van der Waals surface area contributed by atoms with Gasteiger partial charge in [0.15, 0.2) is 0 Å². The van der Waals surface area contributed by atoms with Crippen LogP contribution in [0.5, 0.6) is 0 Å². The number of nitrogen functional groups attached to an aromatic ring is 1. The van der Waals surface area contributed by atoms with Gasteiger partial charge < -0.3 is 11.1 Å². The molecular weight excluding hydrogens is 232 g/mol. The summed E-state index contributed by atoms with van der Waals surface area (Å²) >= 11 is 0. The van der Waals surface area contributed by atoms with Gasteiger partial charge in [0.1, 0.15) is 0 Å². The largest absolute Gasteiger partial charge is 0.399 e. The number of nitrogens with two attached hydrogens (primary N) is 1. The first kappa shape index (κ1) is 16.0. The molecule has 0 amide bonds. The lowest BCUT2D eigenvalue weighted by molar-refractivity contribution is 0.565. The summed E-state index contributed by atoms with van der Waals surface area (Å²) < 4.78 is 0. The van der Waals surface area contributed by atoms with Gasteiger partial charge >= 0.3 is 0 Å². The Balaban J connectivity index is 1.90. The van der Waals surface area contributed by atoms with Crippen LogP contribution in [0.2, 0.25) is 0 Å². The average Bonchev–Trinajstić information content (AvgIpc) is 2.43. The SMILES string of the molecule is CCCCCCCCNCCCc1ccccc1N. The highest BCUT2D eigenvalue weighted by Crippen LogP contribution is 2.12. The van der Waals surface area contributed by atoms with E-state index in [9.17, 15) is 0 Å². The van der Waals surface area contributed by atoms with Crippen molar-refractivity contribution in [3.63, 3.8) is 0 Å². The Hall–Kier alpha value is -1.02. The highest BCUT2D eigenvalue weighted by molar-refractivity contribution is 5.46. The number of anilines is 1. The van der Waals surface area contributed by atoms with E-state index in [-0.39, 0.29) is 0 Å². The number of hydrogen-bond acceptors (Lipinski definition) is 2. The van der Waals surface area contributed by atoms with Crippen LogP contribution >= 0.6 is 0 Å². The molecule has 0 saturated heterocycles. The predicted octanol–water partition coefficient (Wildman–Crippen LogP) is 4.15. The van der Waals surface area contributed by atoms with Gasteiger partial charge in [0, 0.05) is 5.69 Å². The first-order valence-electron chi connectivity index (χ1n) is 7.88. The molecule has 0 aliphatic heterocycles. The molecule has 0 atom stereocenters. The van der Waals surface area contributed by atoms with Gasteiger partial charge in [-0.25, -0.2) is 0 Å². The molecule has 2 heteroatoms. The monoisotopic (exact) mass is 262 g/mol. The minimum atomic E-state index is 0.929. The van der Waals surface area contributed by atoms with Crippen molar-refractivity contribution in [2.75, 3.05) is 18.8 Å². The van der Waals surface area contributed by atoms with E-state index in [0.29, 0.717) is 0 Å². The molecule has 1 rings (SSSR count). The van der Waals surface area contributed by atoms with Crippen molar-refractivity contribution >= 4 is 5.69 Å². The Labute approximate surface area is 118 Å². The highest BCUT2D eigenvalue weighted by atomic mass is 14.8. The van der Waals surface area contributed by atoms with Crippen molar-refractivity contribution in [1.29, 1.82) is 0 Å². The molecule has 0 aliphatic carbocycles. The third-order valence-electron chi connectivity index (χ3n) is 3.56. The fraction of sp³-hybridized carbons (Fsp3) is 0.647. The molecule has 0 unspecified atom stereocenters. The lowest BCUT2D eigenvalue weighted by atomic mass is 10.1. The van der Waals surface area contributed by atoms with E-state index in [2.05, 4.69) is 24.4 Å². The molecule has 0 bridgehead atoms. The standard InChI is InChI=1S/C17H30N2/c1-2-3-4-5-6-9-14-19-15-10-12-16-11-7-8-13-17(16)18/h7-8,11,13,19H,2-6,9-10,12,14-15,18H2,1H3. The van der Waals surface area contributed by atoms with Crippen LogP contribution in [-0.2, 0) is 6.42 Å². The van der Waals surface area contributed by atoms with Crippen molar-refractivity contribution < 1.29 is 0 Å². The number of rotatable bonds is 11. The average molecular weight is 262 g/mol. The Morgan fingerprint density at radius 2 is 1.58 bits per heavy atom. The molecule has 1 aromatic carbocycles. The smallest absolute Gasteiger partial charge is 0.0346 e.